The van der Waals surface area contributed by atoms with Gasteiger partial charge in [-0.3, -0.25) is 0 Å². The lowest BCUT2D eigenvalue weighted by atomic mass is 9.81. The smallest absolute Gasteiger partial charge is 0.143 e. The van der Waals surface area contributed by atoms with E-state index < -0.39 is 0 Å². The van der Waals surface area contributed by atoms with Gasteiger partial charge in [0.1, 0.15) is 22.7 Å². The minimum Gasteiger partial charge on any atom is -0.455 e. The normalized spacial score (nSPS) is 12.8. The summed E-state index contributed by atoms with van der Waals surface area (Å²) in [4.78, 5) is 2.37. The minimum atomic E-state index is -0.285. The van der Waals surface area contributed by atoms with Crippen molar-refractivity contribution >= 4 is 39.0 Å². The van der Waals surface area contributed by atoms with Crippen molar-refractivity contribution in [1.29, 1.82) is 0 Å². The summed E-state index contributed by atoms with van der Waals surface area (Å²) in [5.41, 5.74) is 16.3. The fourth-order valence-electron chi connectivity index (χ4n) is 9.07. The molecule has 10 aromatic rings. The van der Waals surface area contributed by atoms with Crippen LogP contribution in [0.25, 0.3) is 78.0 Å². The largest absolute Gasteiger partial charge is 0.455 e. The van der Waals surface area contributed by atoms with Crippen molar-refractivity contribution in [2.45, 2.75) is 19.3 Å². The Labute approximate surface area is 338 Å². The summed E-state index contributed by atoms with van der Waals surface area (Å²) in [5, 5.41) is 2.26. The fourth-order valence-corrected chi connectivity index (χ4v) is 9.07. The van der Waals surface area contributed by atoms with Gasteiger partial charge < -0.3 is 13.7 Å². The molecule has 0 spiro atoms. The standard InChI is InChI=1S/C55H39NO2/c1-55(2)48-34-33-43(35-47(48)50-51(55)53(40-19-10-5-11-20-40)58-52(50)39-17-8-4-9-18-39)56(41-29-25-37(26-30-41)36-15-6-3-7-16-36)42-31-27-38(28-32-42)44-22-14-23-46-45-21-12-13-24-49(45)57-54(44)46/h3-35H,1-2H3. The van der Waals surface area contributed by atoms with Crippen molar-refractivity contribution in [3.05, 3.63) is 211 Å². The molecule has 2 heterocycles. The molecule has 1 aliphatic carbocycles. The number of hydrogen-bond donors (Lipinski definition) is 0. The number of anilines is 3. The van der Waals surface area contributed by atoms with Crippen molar-refractivity contribution < 1.29 is 8.83 Å². The summed E-state index contributed by atoms with van der Waals surface area (Å²) in [7, 11) is 0. The molecule has 2 aromatic heterocycles. The maximum absolute atomic E-state index is 6.96. The third-order valence-corrected chi connectivity index (χ3v) is 11.9. The molecule has 0 bridgehead atoms. The van der Waals surface area contributed by atoms with Gasteiger partial charge in [0.25, 0.3) is 0 Å². The van der Waals surface area contributed by atoms with Crippen molar-refractivity contribution in [2.75, 3.05) is 4.90 Å². The van der Waals surface area contributed by atoms with Crippen molar-refractivity contribution in [2.24, 2.45) is 0 Å². The number of furan rings is 2. The number of fused-ring (bicyclic) bond motifs is 6. The molecule has 0 amide bonds. The zero-order valence-electron chi connectivity index (χ0n) is 32.3. The van der Waals surface area contributed by atoms with Gasteiger partial charge in [0.2, 0.25) is 0 Å². The molecule has 3 nitrogen and oxygen atoms in total. The lowest BCUT2D eigenvalue weighted by Gasteiger charge is -2.28. The molecule has 11 rings (SSSR count). The molecular formula is C55H39NO2. The summed E-state index contributed by atoms with van der Waals surface area (Å²) in [6, 6.07) is 71.1. The van der Waals surface area contributed by atoms with Crippen LogP contribution in [-0.2, 0) is 5.41 Å². The lowest BCUT2D eigenvalue weighted by Crippen LogP contribution is -2.16. The molecule has 58 heavy (non-hydrogen) atoms. The summed E-state index contributed by atoms with van der Waals surface area (Å²) >= 11 is 0. The van der Waals surface area contributed by atoms with Crippen molar-refractivity contribution in [3.63, 3.8) is 0 Å². The molecule has 1 aliphatic rings. The minimum absolute atomic E-state index is 0.285. The van der Waals surface area contributed by atoms with Gasteiger partial charge >= 0.3 is 0 Å². The lowest BCUT2D eigenvalue weighted by molar-refractivity contribution is 0.575. The van der Waals surface area contributed by atoms with E-state index in [2.05, 4.69) is 207 Å². The molecule has 0 saturated carbocycles. The van der Waals surface area contributed by atoms with Crippen LogP contribution in [0.5, 0.6) is 0 Å². The molecule has 3 heteroatoms. The Bertz CT molecular complexity index is 3100. The van der Waals surface area contributed by atoms with Gasteiger partial charge in [-0.1, -0.05) is 172 Å². The average molecular weight is 746 g/mol. The molecule has 0 unspecified atom stereocenters. The number of benzene rings is 8. The van der Waals surface area contributed by atoms with Gasteiger partial charge in [-0.15, -0.1) is 0 Å². The third kappa shape index (κ3) is 5.43. The second-order valence-corrected chi connectivity index (χ2v) is 15.7. The maximum atomic E-state index is 6.96. The highest BCUT2D eigenvalue weighted by molar-refractivity contribution is 6.09. The highest BCUT2D eigenvalue weighted by Gasteiger charge is 2.43. The average Bonchev–Trinajstić information content (AvgIpc) is 3.94. The van der Waals surface area contributed by atoms with E-state index in [-0.39, 0.29) is 5.41 Å². The maximum Gasteiger partial charge on any atom is 0.143 e. The van der Waals surface area contributed by atoms with Crippen LogP contribution in [0, 0.1) is 0 Å². The number of nitrogens with zero attached hydrogens (tertiary/aromatic N) is 1. The molecule has 0 aliphatic heterocycles. The highest BCUT2D eigenvalue weighted by Crippen LogP contribution is 2.58. The third-order valence-electron chi connectivity index (χ3n) is 11.9. The Balaban J connectivity index is 1.08. The molecule has 0 radical (unpaired) electrons. The topological polar surface area (TPSA) is 29.5 Å². The van der Waals surface area contributed by atoms with Gasteiger partial charge in [0, 0.05) is 61.1 Å². The van der Waals surface area contributed by atoms with E-state index >= 15 is 0 Å². The van der Waals surface area contributed by atoms with Crippen LogP contribution in [-0.4, -0.2) is 0 Å². The summed E-state index contributed by atoms with van der Waals surface area (Å²) in [6.45, 7) is 4.66. The van der Waals surface area contributed by atoms with Crippen LogP contribution >= 0.6 is 0 Å². The first-order valence-corrected chi connectivity index (χ1v) is 19.9. The van der Waals surface area contributed by atoms with Gasteiger partial charge in [0.05, 0.1) is 0 Å². The molecule has 8 aromatic carbocycles. The summed E-state index contributed by atoms with van der Waals surface area (Å²) in [5.74, 6) is 1.84. The van der Waals surface area contributed by atoms with Gasteiger partial charge in [-0.05, 0) is 70.3 Å². The molecule has 0 atom stereocenters. The SMILES string of the molecule is CC1(C)c2ccc(N(c3ccc(-c4ccccc4)cc3)c3ccc(-c4cccc5c4oc4ccccc45)cc3)cc2-c2c(-c3ccccc3)oc(-c3ccccc3)c21. The van der Waals surface area contributed by atoms with E-state index in [1.807, 2.05) is 12.1 Å². The Kier molecular flexibility index (Phi) is 7.84. The van der Waals surface area contributed by atoms with Crippen molar-refractivity contribution in [3.8, 4) is 56.0 Å². The number of hydrogen-bond acceptors (Lipinski definition) is 3. The molecule has 0 saturated heterocycles. The van der Waals surface area contributed by atoms with E-state index in [9.17, 15) is 0 Å². The Morgan fingerprint density at radius 1 is 0.397 bits per heavy atom. The van der Waals surface area contributed by atoms with Crippen molar-refractivity contribution in [1.82, 2.24) is 0 Å². The van der Waals surface area contributed by atoms with E-state index in [1.165, 1.54) is 33.4 Å². The predicted molar refractivity (Wildman–Crippen MR) is 240 cm³/mol. The quantitative estimate of drug-likeness (QED) is 0.163. The van der Waals surface area contributed by atoms with Crippen LogP contribution < -0.4 is 4.90 Å². The molecular weight excluding hydrogens is 707 g/mol. The van der Waals surface area contributed by atoms with Gasteiger partial charge in [0.15, 0.2) is 0 Å². The first-order valence-electron chi connectivity index (χ1n) is 19.9. The Hall–Kier alpha value is -7.36. The second kappa shape index (κ2) is 13.4. The first kappa shape index (κ1) is 33.9. The molecule has 0 fully saturated rings. The van der Waals surface area contributed by atoms with Crippen LogP contribution in [0.4, 0.5) is 17.1 Å². The van der Waals surface area contributed by atoms with Crippen LogP contribution in [0.15, 0.2) is 209 Å². The molecule has 0 N–H and O–H groups in total. The second-order valence-electron chi connectivity index (χ2n) is 15.7. The summed E-state index contributed by atoms with van der Waals surface area (Å²) in [6.07, 6.45) is 0. The van der Waals surface area contributed by atoms with E-state index in [0.717, 1.165) is 72.8 Å². The van der Waals surface area contributed by atoms with Crippen LogP contribution in [0.1, 0.15) is 25.0 Å². The highest BCUT2D eigenvalue weighted by atomic mass is 16.3. The first-order chi connectivity index (χ1) is 28.5. The van der Waals surface area contributed by atoms with Gasteiger partial charge in [-0.2, -0.15) is 0 Å². The monoisotopic (exact) mass is 745 g/mol. The Morgan fingerprint density at radius 3 is 1.60 bits per heavy atom. The number of rotatable bonds is 7. The van der Waals surface area contributed by atoms with Crippen LogP contribution in [0.2, 0.25) is 0 Å². The summed E-state index contributed by atoms with van der Waals surface area (Å²) < 4.78 is 13.4. The zero-order chi connectivity index (χ0) is 38.8. The van der Waals surface area contributed by atoms with E-state index in [1.54, 1.807) is 0 Å². The molecule has 276 valence electrons. The Morgan fingerprint density at radius 2 is 0.931 bits per heavy atom. The van der Waals surface area contributed by atoms with E-state index in [0.29, 0.717) is 0 Å². The van der Waals surface area contributed by atoms with Crippen LogP contribution in [0.3, 0.4) is 0 Å². The zero-order valence-corrected chi connectivity index (χ0v) is 32.3. The predicted octanol–water partition coefficient (Wildman–Crippen LogP) is 15.6. The van der Waals surface area contributed by atoms with E-state index in [4.69, 9.17) is 8.83 Å². The fraction of sp³-hybridized carbons (Fsp3) is 0.0545. The number of para-hydroxylation sites is 2. The van der Waals surface area contributed by atoms with Gasteiger partial charge in [-0.25, -0.2) is 0 Å².